The van der Waals surface area contributed by atoms with E-state index in [0.717, 1.165) is 17.7 Å². The number of nitrogens with one attached hydrogen (secondary N) is 1. The van der Waals surface area contributed by atoms with E-state index in [9.17, 15) is 9.59 Å². The summed E-state index contributed by atoms with van der Waals surface area (Å²) in [7, 11) is 1.61. The molecule has 1 amide bonds. The van der Waals surface area contributed by atoms with E-state index in [4.69, 9.17) is 4.74 Å². The number of aryl methyl sites for hydroxylation is 1. The standard InChI is InChI=1S/C24H24N4O3/c1-3-12-27-15-20(23(29)25-14-17-8-7-11-19(13-17)31-2)22-21(16-27)24(30)28(26-22)18-9-5-4-6-10-18/h4-11,13,15-16H,3,12,14H2,1-2H3,(H,25,29). The molecule has 4 rings (SSSR count). The molecule has 0 bridgehead atoms. The molecule has 7 nitrogen and oxygen atoms in total. The Labute approximate surface area is 180 Å². The van der Waals surface area contributed by atoms with Crippen molar-refractivity contribution in [3.63, 3.8) is 0 Å². The fourth-order valence-corrected chi connectivity index (χ4v) is 3.52. The Balaban J connectivity index is 1.71. The number of methoxy groups -OCH3 is 1. The number of benzene rings is 2. The molecule has 1 N–H and O–H groups in total. The quantitative estimate of drug-likeness (QED) is 0.500. The van der Waals surface area contributed by atoms with Crippen LogP contribution in [0.3, 0.4) is 0 Å². The monoisotopic (exact) mass is 416 g/mol. The van der Waals surface area contributed by atoms with Gasteiger partial charge in [0.15, 0.2) is 0 Å². The van der Waals surface area contributed by atoms with E-state index in [1.807, 2.05) is 66.1 Å². The minimum absolute atomic E-state index is 0.242. The zero-order chi connectivity index (χ0) is 21.8. The zero-order valence-electron chi connectivity index (χ0n) is 17.5. The maximum atomic E-state index is 13.1. The largest absolute Gasteiger partial charge is 0.497 e. The Morgan fingerprint density at radius 3 is 2.65 bits per heavy atom. The van der Waals surface area contributed by atoms with Crippen LogP contribution in [-0.4, -0.2) is 27.4 Å². The minimum atomic E-state index is -0.281. The number of para-hydroxylation sites is 1. The van der Waals surface area contributed by atoms with Crippen LogP contribution in [0.15, 0.2) is 71.8 Å². The number of rotatable bonds is 7. The highest BCUT2D eigenvalue weighted by Crippen LogP contribution is 2.23. The van der Waals surface area contributed by atoms with Gasteiger partial charge in [-0.15, -0.1) is 0 Å². The topological polar surface area (TPSA) is 78.2 Å². The average Bonchev–Trinajstić information content (AvgIpc) is 3.14. The van der Waals surface area contributed by atoms with E-state index < -0.39 is 0 Å². The molecule has 7 heteroatoms. The van der Waals surface area contributed by atoms with Gasteiger partial charge in [-0.25, -0.2) is 0 Å². The lowest BCUT2D eigenvalue weighted by molar-refractivity contribution is 0.0950. The van der Waals surface area contributed by atoms with E-state index in [2.05, 4.69) is 10.4 Å². The van der Waals surface area contributed by atoms with Crippen molar-refractivity contribution in [1.29, 1.82) is 0 Å². The molecular formula is C24H24N4O3. The van der Waals surface area contributed by atoms with Crippen LogP contribution in [0, 0.1) is 0 Å². The molecule has 0 aliphatic carbocycles. The summed E-state index contributed by atoms with van der Waals surface area (Å²) in [4.78, 5) is 26.1. The summed E-state index contributed by atoms with van der Waals surface area (Å²) in [5, 5.41) is 7.43. The van der Waals surface area contributed by atoms with Crippen LogP contribution in [0.5, 0.6) is 5.75 Å². The molecule has 2 aromatic carbocycles. The molecule has 0 radical (unpaired) electrons. The maximum Gasteiger partial charge on any atom is 0.282 e. The molecule has 0 fully saturated rings. The second kappa shape index (κ2) is 8.87. The van der Waals surface area contributed by atoms with Crippen LogP contribution in [0.2, 0.25) is 0 Å². The fourth-order valence-electron chi connectivity index (χ4n) is 3.52. The van der Waals surface area contributed by atoms with Gasteiger partial charge in [0.25, 0.3) is 11.5 Å². The first-order chi connectivity index (χ1) is 15.1. The van der Waals surface area contributed by atoms with Crippen molar-refractivity contribution in [3.8, 4) is 22.7 Å². The van der Waals surface area contributed by atoms with Gasteiger partial charge in [0.2, 0.25) is 0 Å². The molecular weight excluding hydrogens is 392 g/mol. The fraction of sp³-hybridized carbons (Fsp3) is 0.208. The van der Waals surface area contributed by atoms with Crippen LogP contribution in [0.4, 0.5) is 0 Å². The van der Waals surface area contributed by atoms with E-state index >= 15 is 0 Å². The molecule has 0 aromatic heterocycles. The summed E-state index contributed by atoms with van der Waals surface area (Å²) >= 11 is 0. The number of nitrogens with zero attached hydrogens (tertiary/aromatic N) is 3. The van der Waals surface area contributed by atoms with Crippen molar-refractivity contribution in [2.75, 3.05) is 7.11 Å². The lowest BCUT2D eigenvalue weighted by atomic mass is 10.1. The van der Waals surface area contributed by atoms with Crippen molar-refractivity contribution < 1.29 is 9.53 Å². The summed E-state index contributed by atoms with van der Waals surface area (Å²) in [6.07, 6.45) is 4.41. The third-order valence-corrected chi connectivity index (χ3v) is 5.04. The number of hydrogen-bond donors (Lipinski definition) is 1. The molecule has 2 aromatic rings. The van der Waals surface area contributed by atoms with E-state index in [1.165, 1.54) is 4.68 Å². The Hall–Kier alpha value is -3.87. The third kappa shape index (κ3) is 4.21. The van der Waals surface area contributed by atoms with Crippen LogP contribution in [-0.2, 0) is 13.1 Å². The highest BCUT2D eigenvalue weighted by Gasteiger charge is 2.24. The second-order valence-corrected chi connectivity index (χ2v) is 7.26. The van der Waals surface area contributed by atoms with Crippen molar-refractivity contribution in [2.24, 2.45) is 0 Å². The molecule has 2 heterocycles. The van der Waals surface area contributed by atoms with Gasteiger partial charge >= 0.3 is 0 Å². The van der Waals surface area contributed by atoms with Crippen molar-refractivity contribution in [2.45, 2.75) is 26.4 Å². The maximum absolute atomic E-state index is 13.1. The average molecular weight is 416 g/mol. The smallest absolute Gasteiger partial charge is 0.282 e. The van der Waals surface area contributed by atoms with Crippen molar-refractivity contribution in [3.05, 3.63) is 88.5 Å². The molecule has 2 aliphatic rings. The zero-order valence-corrected chi connectivity index (χ0v) is 17.5. The summed E-state index contributed by atoms with van der Waals surface area (Å²) < 4.78 is 8.46. The normalized spacial score (nSPS) is 10.9. The Kier molecular flexibility index (Phi) is 5.84. The minimum Gasteiger partial charge on any atom is -0.497 e. The number of carbonyl (C=O) groups excluding carboxylic acids is 1. The summed E-state index contributed by atoms with van der Waals surface area (Å²) in [5.41, 5.74) is 2.53. The molecule has 0 saturated heterocycles. The van der Waals surface area contributed by atoms with E-state index in [-0.39, 0.29) is 11.5 Å². The molecule has 2 aliphatic heterocycles. The van der Waals surface area contributed by atoms with Crippen LogP contribution >= 0.6 is 0 Å². The second-order valence-electron chi connectivity index (χ2n) is 7.26. The molecule has 0 saturated carbocycles. The van der Waals surface area contributed by atoms with Crippen LogP contribution < -0.4 is 15.6 Å². The number of carbonyl (C=O) groups is 1. The number of aromatic nitrogens is 3. The number of amides is 1. The van der Waals surface area contributed by atoms with Gasteiger partial charge in [0, 0.05) is 25.5 Å². The first-order valence-electron chi connectivity index (χ1n) is 10.2. The van der Waals surface area contributed by atoms with Gasteiger partial charge in [-0.3, -0.25) is 9.59 Å². The summed E-state index contributed by atoms with van der Waals surface area (Å²) in [6.45, 7) is 3.08. The van der Waals surface area contributed by atoms with Crippen LogP contribution in [0.1, 0.15) is 29.3 Å². The number of hydrogen-bond acceptors (Lipinski definition) is 4. The predicted octanol–water partition coefficient (Wildman–Crippen LogP) is 3.49. The molecule has 0 atom stereocenters. The lowest BCUT2D eigenvalue weighted by Gasteiger charge is -2.12. The van der Waals surface area contributed by atoms with Gasteiger partial charge in [0.1, 0.15) is 11.4 Å². The highest BCUT2D eigenvalue weighted by molar-refractivity contribution is 5.99. The Bertz CT molecular complexity index is 1230. The van der Waals surface area contributed by atoms with Gasteiger partial charge in [-0.2, -0.15) is 9.78 Å². The molecule has 158 valence electrons. The van der Waals surface area contributed by atoms with Gasteiger partial charge < -0.3 is 14.6 Å². The van der Waals surface area contributed by atoms with E-state index in [0.29, 0.717) is 35.6 Å². The number of pyridine rings is 1. The highest BCUT2D eigenvalue weighted by atomic mass is 16.5. The first kappa shape index (κ1) is 20.4. The van der Waals surface area contributed by atoms with Crippen molar-refractivity contribution >= 4 is 5.91 Å². The van der Waals surface area contributed by atoms with Crippen molar-refractivity contribution in [1.82, 2.24) is 19.7 Å². The third-order valence-electron chi connectivity index (χ3n) is 5.04. The molecule has 31 heavy (non-hydrogen) atoms. The van der Waals surface area contributed by atoms with Gasteiger partial charge in [0.05, 0.1) is 23.9 Å². The Morgan fingerprint density at radius 2 is 1.90 bits per heavy atom. The van der Waals surface area contributed by atoms with Gasteiger partial charge in [-0.1, -0.05) is 37.3 Å². The summed E-state index contributed by atoms with van der Waals surface area (Å²) in [6, 6.07) is 16.7. The number of fused-ring (bicyclic) bond motifs is 1. The lowest BCUT2D eigenvalue weighted by Crippen LogP contribution is -2.25. The first-order valence-corrected chi connectivity index (χ1v) is 10.2. The van der Waals surface area contributed by atoms with Gasteiger partial charge in [-0.05, 0) is 36.2 Å². The Morgan fingerprint density at radius 1 is 1.10 bits per heavy atom. The predicted molar refractivity (Wildman–Crippen MR) is 119 cm³/mol. The molecule has 0 spiro atoms. The summed E-state index contributed by atoms with van der Waals surface area (Å²) in [5.74, 6) is 0.447. The SMILES string of the molecule is CCCn1cc(C(=O)NCc2cccc(OC)c2)c2nn(-c3ccccc3)c(=O)c-2c1. The van der Waals surface area contributed by atoms with Crippen LogP contribution in [0.25, 0.3) is 16.9 Å². The van der Waals surface area contributed by atoms with E-state index in [1.54, 1.807) is 19.5 Å². The number of ether oxygens (including phenoxy) is 1. The molecule has 0 unspecified atom stereocenters.